The Labute approximate surface area is 150 Å². The first kappa shape index (κ1) is 24.7. The summed E-state index contributed by atoms with van der Waals surface area (Å²) in [4.78, 5) is 0. The van der Waals surface area contributed by atoms with Gasteiger partial charge in [0.15, 0.2) is 0 Å². The summed E-state index contributed by atoms with van der Waals surface area (Å²) in [5.74, 6) is 0.826. The molecule has 0 saturated carbocycles. The molecule has 0 aliphatic heterocycles. The van der Waals surface area contributed by atoms with E-state index >= 15 is 0 Å². The van der Waals surface area contributed by atoms with Crippen molar-refractivity contribution in [1.82, 2.24) is 6.15 Å². The van der Waals surface area contributed by atoms with Crippen molar-refractivity contribution in [2.24, 2.45) is 5.92 Å². The number of rotatable bonds is 15. The first-order chi connectivity index (χ1) is 10.1. The number of halogens is 1. The molecule has 136 valence electrons. The average Bonchev–Trinajstić information content (AvgIpc) is 2.48. The van der Waals surface area contributed by atoms with E-state index in [9.17, 15) is 0 Å². The third-order valence-corrected chi connectivity index (χ3v) is 6.59. The average molecular weight is 378 g/mol. The molecule has 3 N–H and O–H groups in total. The van der Waals surface area contributed by atoms with Crippen LogP contribution >= 0.6 is 15.9 Å². The lowest BCUT2D eigenvalue weighted by molar-refractivity contribution is 0.323. The number of hydrogen-bond donors (Lipinski definition) is 1. The first-order valence-corrected chi connectivity index (χ1v) is 10.6. The molecule has 0 heterocycles. The number of hydrogen-bond acceptors (Lipinski definition) is 1. The molecule has 0 aromatic heterocycles. The van der Waals surface area contributed by atoms with Crippen LogP contribution in [0.3, 0.4) is 0 Å². The highest BCUT2D eigenvalue weighted by Crippen LogP contribution is 2.40. The molecular weight excluding hydrogens is 334 g/mol. The van der Waals surface area contributed by atoms with E-state index in [1.807, 2.05) is 0 Å². The fourth-order valence-corrected chi connectivity index (χ4v) is 4.04. The molecule has 0 aliphatic carbocycles. The van der Waals surface area contributed by atoms with Crippen LogP contribution in [0.4, 0.5) is 0 Å². The van der Waals surface area contributed by atoms with Gasteiger partial charge in [-0.15, -0.1) is 0 Å². The summed E-state index contributed by atoms with van der Waals surface area (Å²) in [6.45, 7) is 9.41. The Morgan fingerprint density at radius 1 is 0.682 bits per heavy atom. The van der Waals surface area contributed by atoms with Gasteiger partial charge in [0.05, 0.1) is 0 Å². The van der Waals surface area contributed by atoms with E-state index in [0.29, 0.717) is 4.32 Å². The lowest BCUT2D eigenvalue weighted by Crippen LogP contribution is -2.29. The smallest absolute Gasteiger partial charge is 0.0283 e. The predicted octanol–water partition coefficient (Wildman–Crippen LogP) is 8.44. The van der Waals surface area contributed by atoms with Crippen molar-refractivity contribution in [3.05, 3.63) is 0 Å². The molecule has 0 saturated heterocycles. The minimum absolute atomic E-state index is 0. The van der Waals surface area contributed by atoms with Gasteiger partial charge in [-0.05, 0) is 25.2 Å². The highest BCUT2D eigenvalue weighted by Gasteiger charge is 2.31. The third-order valence-electron chi connectivity index (χ3n) is 5.02. The zero-order valence-corrected chi connectivity index (χ0v) is 17.6. The summed E-state index contributed by atoms with van der Waals surface area (Å²) in [6.07, 6.45) is 19.5. The Morgan fingerprint density at radius 2 is 1.14 bits per heavy atom. The quantitative estimate of drug-likeness (QED) is 0.225. The van der Waals surface area contributed by atoms with Gasteiger partial charge in [-0.1, -0.05) is 114 Å². The molecule has 0 bridgehead atoms. The lowest BCUT2D eigenvalue weighted by atomic mass is 9.82. The van der Waals surface area contributed by atoms with E-state index in [1.54, 1.807) is 0 Å². The Kier molecular flexibility index (Phi) is 18.3. The van der Waals surface area contributed by atoms with Crippen LogP contribution in [0.25, 0.3) is 0 Å². The molecule has 0 aromatic carbocycles. The van der Waals surface area contributed by atoms with E-state index in [0.717, 1.165) is 5.92 Å². The minimum Gasteiger partial charge on any atom is -0.344 e. The Hall–Kier alpha value is 0.440. The topological polar surface area (TPSA) is 35.0 Å². The van der Waals surface area contributed by atoms with Gasteiger partial charge in [0.1, 0.15) is 0 Å². The fraction of sp³-hybridized carbons (Fsp3) is 1.00. The van der Waals surface area contributed by atoms with Gasteiger partial charge in [-0.2, -0.15) is 0 Å². The van der Waals surface area contributed by atoms with Crippen LogP contribution < -0.4 is 6.15 Å². The van der Waals surface area contributed by atoms with Crippen LogP contribution in [0.5, 0.6) is 0 Å². The predicted molar refractivity (Wildman–Crippen MR) is 108 cm³/mol. The lowest BCUT2D eigenvalue weighted by Gasteiger charge is -2.34. The summed E-state index contributed by atoms with van der Waals surface area (Å²) in [6, 6.07) is 0. The number of unbranched alkanes of at least 4 members (excludes halogenated alkanes) is 8. The summed E-state index contributed by atoms with van der Waals surface area (Å²) >= 11 is 4.18. The van der Waals surface area contributed by atoms with E-state index < -0.39 is 0 Å². The van der Waals surface area contributed by atoms with E-state index in [4.69, 9.17) is 0 Å². The largest absolute Gasteiger partial charge is 0.344 e. The zero-order chi connectivity index (χ0) is 16.0. The molecule has 0 aromatic rings. The van der Waals surface area contributed by atoms with Crippen molar-refractivity contribution in [2.45, 2.75) is 122 Å². The minimum atomic E-state index is 0. The van der Waals surface area contributed by atoms with E-state index in [1.165, 1.54) is 89.9 Å². The molecule has 2 unspecified atom stereocenters. The SMILES string of the molecule is CCCCCCCCC(C)C(Br)(CCCC)CCCCC.N. The Bertz CT molecular complexity index is 220. The molecule has 0 radical (unpaired) electrons. The van der Waals surface area contributed by atoms with Crippen LogP contribution in [-0.4, -0.2) is 4.32 Å². The van der Waals surface area contributed by atoms with Crippen molar-refractivity contribution in [3.63, 3.8) is 0 Å². The monoisotopic (exact) mass is 377 g/mol. The van der Waals surface area contributed by atoms with Gasteiger partial charge in [-0.25, -0.2) is 0 Å². The van der Waals surface area contributed by atoms with Gasteiger partial charge in [0.25, 0.3) is 0 Å². The van der Waals surface area contributed by atoms with Gasteiger partial charge < -0.3 is 6.15 Å². The fourth-order valence-electron chi connectivity index (χ4n) is 3.25. The van der Waals surface area contributed by atoms with Crippen LogP contribution in [0.15, 0.2) is 0 Å². The second-order valence-electron chi connectivity index (χ2n) is 7.05. The first-order valence-electron chi connectivity index (χ1n) is 9.79. The summed E-state index contributed by atoms with van der Waals surface area (Å²) < 4.78 is 0.418. The molecule has 0 rings (SSSR count). The maximum atomic E-state index is 4.18. The van der Waals surface area contributed by atoms with E-state index in [-0.39, 0.29) is 6.15 Å². The second-order valence-corrected chi connectivity index (χ2v) is 8.63. The molecule has 0 fully saturated rings. The molecule has 2 atom stereocenters. The highest BCUT2D eigenvalue weighted by atomic mass is 79.9. The number of alkyl halides is 1. The summed E-state index contributed by atoms with van der Waals surface area (Å²) in [5, 5.41) is 0. The maximum Gasteiger partial charge on any atom is 0.0283 e. The van der Waals surface area contributed by atoms with Crippen LogP contribution in [0.2, 0.25) is 0 Å². The molecule has 0 aliphatic rings. The van der Waals surface area contributed by atoms with Gasteiger partial charge in [-0.3, -0.25) is 0 Å². The highest BCUT2D eigenvalue weighted by molar-refractivity contribution is 9.10. The standard InChI is InChI=1S/C20H41Br.H3N/c1-5-8-11-12-13-14-16-19(4)20(21,17-10-7-3)18-15-9-6-2;/h19H,5-18H2,1-4H3;1H3. The van der Waals surface area contributed by atoms with Gasteiger partial charge in [0.2, 0.25) is 0 Å². The summed E-state index contributed by atoms with van der Waals surface area (Å²) in [5.41, 5.74) is 0. The van der Waals surface area contributed by atoms with E-state index in [2.05, 4.69) is 43.6 Å². The third kappa shape index (κ3) is 11.9. The van der Waals surface area contributed by atoms with Gasteiger partial charge in [0, 0.05) is 4.32 Å². The van der Waals surface area contributed by atoms with Crippen molar-refractivity contribution in [2.75, 3.05) is 0 Å². The van der Waals surface area contributed by atoms with Gasteiger partial charge >= 0.3 is 0 Å². The molecule has 1 nitrogen and oxygen atoms in total. The molecular formula is C20H44BrN. The second kappa shape index (κ2) is 16.3. The maximum absolute atomic E-state index is 4.18. The summed E-state index contributed by atoms with van der Waals surface area (Å²) in [7, 11) is 0. The zero-order valence-electron chi connectivity index (χ0n) is 16.1. The molecule has 0 spiro atoms. The van der Waals surface area contributed by atoms with Crippen molar-refractivity contribution in [1.29, 1.82) is 0 Å². The molecule has 0 amide bonds. The van der Waals surface area contributed by atoms with Crippen molar-refractivity contribution < 1.29 is 0 Å². The molecule has 22 heavy (non-hydrogen) atoms. The van der Waals surface area contributed by atoms with Crippen LogP contribution in [-0.2, 0) is 0 Å². The van der Waals surface area contributed by atoms with Crippen LogP contribution in [0, 0.1) is 5.92 Å². The van der Waals surface area contributed by atoms with Crippen LogP contribution in [0.1, 0.15) is 118 Å². The molecule has 2 heteroatoms. The Morgan fingerprint density at radius 3 is 1.73 bits per heavy atom. The van der Waals surface area contributed by atoms with Crippen molar-refractivity contribution >= 4 is 15.9 Å². The Balaban J connectivity index is 0. The van der Waals surface area contributed by atoms with Crippen molar-refractivity contribution in [3.8, 4) is 0 Å². The normalized spacial score (nSPS) is 15.1.